The molecule has 2 saturated heterocycles. The molecule has 5 heteroatoms. The van der Waals surface area contributed by atoms with Crippen molar-refractivity contribution in [2.45, 2.75) is 75.9 Å². The first-order valence-electron chi connectivity index (χ1n) is 8.30. The Morgan fingerprint density at radius 3 is 2.48 bits per heavy atom. The average molecular weight is 294 g/mol. The Kier molecular flexibility index (Phi) is 4.31. The first kappa shape index (κ1) is 15.0. The van der Waals surface area contributed by atoms with E-state index in [1.807, 2.05) is 0 Å². The molecular weight excluding hydrogens is 268 g/mol. The normalized spacial score (nSPS) is 30.9. The van der Waals surface area contributed by atoms with Gasteiger partial charge < -0.3 is 4.74 Å². The summed E-state index contributed by atoms with van der Waals surface area (Å²) < 4.78 is 5.39. The van der Waals surface area contributed by atoms with Crippen molar-refractivity contribution in [2.24, 2.45) is 0 Å². The number of likely N-dealkylation sites (tertiary alicyclic amines) is 1. The molecule has 21 heavy (non-hydrogen) atoms. The van der Waals surface area contributed by atoms with Crippen LogP contribution in [0.15, 0.2) is 0 Å². The maximum Gasteiger partial charge on any atom is 0.247 e. The molecule has 0 aromatic carbocycles. The highest BCUT2D eigenvalue weighted by molar-refractivity contribution is 6.05. The summed E-state index contributed by atoms with van der Waals surface area (Å²) in [6, 6.07) is -0.185. The van der Waals surface area contributed by atoms with Gasteiger partial charge in [0.25, 0.3) is 0 Å². The van der Waals surface area contributed by atoms with Crippen LogP contribution < -0.4 is 5.32 Å². The Balaban J connectivity index is 1.65. The van der Waals surface area contributed by atoms with Gasteiger partial charge in [-0.15, -0.1) is 0 Å². The Morgan fingerprint density at radius 2 is 1.81 bits per heavy atom. The molecule has 1 unspecified atom stereocenters. The molecule has 118 valence electrons. The van der Waals surface area contributed by atoms with Gasteiger partial charge in [-0.2, -0.15) is 0 Å². The highest BCUT2D eigenvalue weighted by Gasteiger charge is 2.44. The summed E-state index contributed by atoms with van der Waals surface area (Å²) in [5, 5.41) is 3.45. The molecule has 3 rings (SSSR count). The molecule has 2 amide bonds. The largest absolute Gasteiger partial charge is 0.381 e. The fourth-order valence-corrected chi connectivity index (χ4v) is 3.87. The number of carbonyl (C=O) groups is 2. The van der Waals surface area contributed by atoms with Crippen LogP contribution in [0, 0.1) is 0 Å². The maximum absolute atomic E-state index is 12.6. The molecule has 0 aromatic heterocycles. The van der Waals surface area contributed by atoms with Crippen LogP contribution in [0.2, 0.25) is 0 Å². The highest BCUT2D eigenvalue weighted by Crippen LogP contribution is 2.29. The smallest absolute Gasteiger partial charge is 0.247 e. The molecular formula is C16H26N2O3. The van der Waals surface area contributed by atoms with Crippen molar-refractivity contribution in [1.29, 1.82) is 0 Å². The van der Waals surface area contributed by atoms with Gasteiger partial charge in [0.1, 0.15) is 0 Å². The van der Waals surface area contributed by atoms with Crippen LogP contribution in [0.5, 0.6) is 0 Å². The minimum absolute atomic E-state index is 0.000355. The van der Waals surface area contributed by atoms with Crippen LogP contribution in [0.4, 0.5) is 0 Å². The molecule has 0 aromatic rings. The van der Waals surface area contributed by atoms with Gasteiger partial charge in [0.2, 0.25) is 11.8 Å². The Morgan fingerprint density at radius 1 is 1.14 bits per heavy atom. The summed E-state index contributed by atoms with van der Waals surface area (Å²) in [7, 11) is 0. The van der Waals surface area contributed by atoms with Crippen LogP contribution in [-0.2, 0) is 14.3 Å². The van der Waals surface area contributed by atoms with E-state index in [0.29, 0.717) is 6.42 Å². The van der Waals surface area contributed by atoms with Crippen LogP contribution in [0.3, 0.4) is 0 Å². The summed E-state index contributed by atoms with van der Waals surface area (Å²) in [5.74, 6) is 0.0136. The number of ether oxygens (including phenoxy) is 1. The van der Waals surface area contributed by atoms with Crippen LogP contribution in [-0.4, -0.2) is 47.6 Å². The molecule has 0 bridgehead atoms. The summed E-state index contributed by atoms with van der Waals surface area (Å²) in [4.78, 5) is 26.5. The minimum atomic E-state index is -0.331. The standard InChI is InChI=1S/C16H26N2O3/c1-16(7-9-21-10-8-16)17-13-11-14(19)18(15(13)20)12-5-3-2-4-6-12/h12-13,17H,2-11H2,1H3. The quantitative estimate of drug-likeness (QED) is 0.803. The number of imide groups is 1. The topological polar surface area (TPSA) is 58.6 Å². The zero-order chi connectivity index (χ0) is 14.9. The van der Waals surface area contributed by atoms with E-state index < -0.39 is 0 Å². The molecule has 1 atom stereocenters. The van der Waals surface area contributed by atoms with Crippen molar-refractivity contribution >= 4 is 11.8 Å². The highest BCUT2D eigenvalue weighted by atomic mass is 16.5. The predicted octanol–water partition coefficient (Wildman–Crippen LogP) is 1.61. The van der Waals surface area contributed by atoms with Crippen LogP contribution in [0.1, 0.15) is 58.3 Å². The van der Waals surface area contributed by atoms with Gasteiger partial charge in [-0.25, -0.2) is 0 Å². The number of hydrogen-bond acceptors (Lipinski definition) is 4. The molecule has 0 spiro atoms. The predicted molar refractivity (Wildman–Crippen MR) is 78.7 cm³/mol. The van der Waals surface area contributed by atoms with Crippen molar-refractivity contribution in [3.05, 3.63) is 0 Å². The molecule has 0 radical (unpaired) electrons. The van der Waals surface area contributed by atoms with E-state index in [0.717, 1.165) is 51.7 Å². The fraction of sp³-hybridized carbons (Fsp3) is 0.875. The molecule has 1 aliphatic carbocycles. The average Bonchev–Trinajstić information content (AvgIpc) is 2.74. The molecule has 3 fully saturated rings. The van der Waals surface area contributed by atoms with Gasteiger partial charge in [0.15, 0.2) is 0 Å². The zero-order valence-corrected chi connectivity index (χ0v) is 12.9. The van der Waals surface area contributed by atoms with E-state index in [9.17, 15) is 9.59 Å². The van der Waals surface area contributed by atoms with Crippen LogP contribution in [0.25, 0.3) is 0 Å². The number of hydrogen-bond donors (Lipinski definition) is 1. The third-order valence-electron chi connectivity index (χ3n) is 5.24. The van der Waals surface area contributed by atoms with Gasteiger partial charge in [0.05, 0.1) is 12.5 Å². The Bertz CT molecular complexity index is 412. The van der Waals surface area contributed by atoms with E-state index in [-0.39, 0.29) is 29.4 Å². The van der Waals surface area contributed by atoms with Crippen molar-refractivity contribution in [2.75, 3.05) is 13.2 Å². The third kappa shape index (κ3) is 3.14. The number of nitrogens with one attached hydrogen (secondary N) is 1. The second-order valence-electron chi connectivity index (χ2n) is 6.97. The van der Waals surface area contributed by atoms with Crippen molar-refractivity contribution in [3.63, 3.8) is 0 Å². The fourth-order valence-electron chi connectivity index (χ4n) is 3.87. The van der Waals surface area contributed by atoms with E-state index in [2.05, 4.69) is 12.2 Å². The summed E-state index contributed by atoms with van der Waals surface area (Å²) >= 11 is 0. The first-order chi connectivity index (χ1) is 10.1. The third-order valence-corrected chi connectivity index (χ3v) is 5.24. The molecule has 2 heterocycles. The van der Waals surface area contributed by atoms with E-state index in [1.54, 1.807) is 4.90 Å². The number of amides is 2. The summed E-state index contributed by atoms with van der Waals surface area (Å²) in [6.07, 6.45) is 7.58. The number of nitrogens with zero attached hydrogens (tertiary/aromatic N) is 1. The van der Waals surface area contributed by atoms with Crippen molar-refractivity contribution in [3.8, 4) is 0 Å². The Labute approximate surface area is 126 Å². The molecule has 1 N–H and O–H groups in total. The number of rotatable bonds is 3. The molecule has 3 aliphatic rings. The van der Waals surface area contributed by atoms with Crippen molar-refractivity contribution < 1.29 is 14.3 Å². The van der Waals surface area contributed by atoms with Crippen LogP contribution >= 0.6 is 0 Å². The zero-order valence-electron chi connectivity index (χ0n) is 12.9. The summed E-state index contributed by atoms with van der Waals surface area (Å²) in [5.41, 5.74) is -0.0819. The van der Waals surface area contributed by atoms with E-state index in [1.165, 1.54) is 6.42 Å². The molecule has 1 saturated carbocycles. The monoisotopic (exact) mass is 294 g/mol. The van der Waals surface area contributed by atoms with Gasteiger partial charge in [-0.1, -0.05) is 19.3 Å². The first-order valence-corrected chi connectivity index (χ1v) is 8.30. The lowest BCUT2D eigenvalue weighted by Gasteiger charge is -2.36. The lowest BCUT2D eigenvalue weighted by molar-refractivity contribution is -0.142. The second kappa shape index (κ2) is 6.05. The molecule has 2 aliphatic heterocycles. The van der Waals surface area contributed by atoms with Gasteiger partial charge >= 0.3 is 0 Å². The van der Waals surface area contributed by atoms with Gasteiger partial charge in [-0.3, -0.25) is 19.8 Å². The molecule has 5 nitrogen and oxygen atoms in total. The van der Waals surface area contributed by atoms with Crippen molar-refractivity contribution in [1.82, 2.24) is 10.2 Å². The van der Waals surface area contributed by atoms with E-state index in [4.69, 9.17) is 4.74 Å². The summed E-state index contributed by atoms with van der Waals surface area (Å²) in [6.45, 7) is 3.59. The van der Waals surface area contributed by atoms with Gasteiger partial charge in [-0.05, 0) is 32.6 Å². The number of carbonyl (C=O) groups excluding carboxylic acids is 2. The lowest BCUT2D eigenvalue weighted by atomic mass is 9.91. The minimum Gasteiger partial charge on any atom is -0.381 e. The van der Waals surface area contributed by atoms with E-state index >= 15 is 0 Å². The SMILES string of the molecule is CC1(NC2CC(=O)N(C3CCCCC3)C2=O)CCOCC1. The van der Waals surface area contributed by atoms with Gasteiger partial charge in [0, 0.05) is 24.8 Å². The maximum atomic E-state index is 12.6. The lowest BCUT2D eigenvalue weighted by Crippen LogP contribution is -2.54. The second-order valence-corrected chi connectivity index (χ2v) is 6.97. The Hall–Kier alpha value is -0.940.